The van der Waals surface area contributed by atoms with Gasteiger partial charge in [0.1, 0.15) is 5.82 Å². The number of fused-ring (bicyclic) bond motifs is 1. The molecule has 0 aromatic carbocycles. The van der Waals surface area contributed by atoms with Crippen LogP contribution >= 0.6 is 0 Å². The van der Waals surface area contributed by atoms with Gasteiger partial charge in [-0.3, -0.25) is 0 Å². The van der Waals surface area contributed by atoms with Crippen molar-refractivity contribution in [3.05, 3.63) is 12.1 Å². The molecular weight excluding hydrogens is 208 g/mol. The Labute approximate surface area is 91.8 Å². The van der Waals surface area contributed by atoms with Crippen LogP contribution in [0.15, 0.2) is 12.1 Å². The van der Waals surface area contributed by atoms with Crippen molar-refractivity contribution in [3.8, 4) is 0 Å². The van der Waals surface area contributed by atoms with Crippen LogP contribution < -0.4 is 5.32 Å². The first kappa shape index (κ1) is 9.46. The molecule has 16 heavy (non-hydrogen) atoms. The monoisotopic (exact) mass is 220 g/mol. The van der Waals surface area contributed by atoms with E-state index in [9.17, 15) is 0 Å². The molecule has 0 aliphatic carbocycles. The second-order valence-electron chi connectivity index (χ2n) is 3.86. The van der Waals surface area contributed by atoms with Crippen LogP contribution in [0.1, 0.15) is 13.3 Å². The minimum absolute atomic E-state index is 0.214. The summed E-state index contributed by atoms with van der Waals surface area (Å²) in [6.45, 7) is 2.85. The average molecular weight is 220 g/mol. The van der Waals surface area contributed by atoms with Crippen molar-refractivity contribution < 1.29 is 4.74 Å². The van der Waals surface area contributed by atoms with Crippen LogP contribution in [-0.2, 0) is 4.74 Å². The number of hydrogen-bond donors (Lipinski definition) is 1. The number of anilines is 1. The lowest BCUT2D eigenvalue weighted by molar-refractivity contribution is 0.121. The van der Waals surface area contributed by atoms with E-state index in [1.165, 1.54) is 4.63 Å². The Balaban J connectivity index is 1.83. The number of ether oxygens (including phenoxy) is 1. The van der Waals surface area contributed by atoms with Gasteiger partial charge in [0.15, 0.2) is 5.65 Å². The topological polar surface area (TPSA) is 77.2 Å². The number of aromatic nitrogens is 5. The third-order valence-corrected chi connectivity index (χ3v) is 2.78. The summed E-state index contributed by atoms with van der Waals surface area (Å²) in [5.41, 5.74) is 0.640. The second-order valence-corrected chi connectivity index (χ2v) is 3.86. The lowest BCUT2D eigenvalue weighted by Gasteiger charge is -2.15. The second kappa shape index (κ2) is 3.67. The van der Waals surface area contributed by atoms with Gasteiger partial charge in [-0.2, -0.15) is 0 Å². The molecule has 3 heterocycles. The molecule has 2 atom stereocenters. The number of tetrazole rings is 1. The molecule has 2 aromatic rings. The van der Waals surface area contributed by atoms with Gasteiger partial charge < -0.3 is 10.1 Å². The molecule has 0 radical (unpaired) electrons. The highest BCUT2D eigenvalue weighted by atomic mass is 16.5. The van der Waals surface area contributed by atoms with E-state index in [4.69, 9.17) is 4.74 Å². The third-order valence-electron chi connectivity index (χ3n) is 2.78. The molecule has 7 nitrogen and oxygen atoms in total. The predicted octanol–water partition coefficient (Wildman–Crippen LogP) is 0.109. The van der Waals surface area contributed by atoms with E-state index < -0.39 is 0 Å². The smallest absolute Gasteiger partial charge is 0.200 e. The summed E-state index contributed by atoms with van der Waals surface area (Å²) in [7, 11) is 0. The Hall–Kier alpha value is -1.76. The number of rotatable bonds is 2. The summed E-state index contributed by atoms with van der Waals surface area (Å²) in [5, 5.41) is 18.6. The summed E-state index contributed by atoms with van der Waals surface area (Å²) in [6.07, 6.45) is 1.21. The lowest BCUT2D eigenvalue weighted by Crippen LogP contribution is -2.27. The van der Waals surface area contributed by atoms with Gasteiger partial charge in [-0.05, 0) is 35.9 Å². The van der Waals surface area contributed by atoms with E-state index in [2.05, 4.69) is 32.9 Å². The van der Waals surface area contributed by atoms with E-state index >= 15 is 0 Å². The van der Waals surface area contributed by atoms with Crippen LogP contribution in [0.4, 0.5) is 5.82 Å². The zero-order chi connectivity index (χ0) is 11.0. The van der Waals surface area contributed by atoms with E-state index in [-0.39, 0.29) is 6.10 Å². The molecular formula is C9H12N6O. The van der Waals surface area contributed by atoms with Crippen molar-refractivity contribution in [1.29, 1.82) is 0 Å². The normalized spacial score (nSPS) is 25.1. The summed E-state index contributed by atoms with van der Waals surface area (Å²) >= 11 is 0. The van der Waals surface area contributed by atoms with Crippen LogP contribution in [0, 0.1) is 0 Å². The van der Waals surface area contributed by atoms with Gasteiger partial charge in [-0.1, -0.05) is 0 Å². The SMILES string of the molecule is CC1OCCC1Nc1ccc2nnnn2n1. The first-order valence-corrected chi connectivity index (χ1v) is 5.26. The van der Waals surface area contributed by atoms with Crippen LogP contribution in [0.25, 0.3) is 5.65 Å². The van der Waals surface area contributed by atoms with Gasteiger partial charge in [0, 0.05) is 6.61 Å². The molecule has 2 unspecified atom stereocenters. The number of nitrogens with one attached hydrogen (secondary N) is 1. The van der Waals surface area contributed by atoms with Crippen molar-refractivity contribution >= 4 is 11.5 Å². The summed E-state index contributed by atoms with van der Waals surface area (Å²) in [6, 6.07) is 4.01. The molecule has 0 bridgehead atoms. The van der Waals surface area contributed by atoms with E-state index in [1.54, 1.807) is 0 Å². The molecule has 1 N–H and O–H groups in total. The molecule has 3 rings (SSSR count). The largest absolute Gasteiger partial charge is 0.376 e. The maximum absolute atomic E-state index is 5.47. The van der Waals surface area contributed by atoms with Gasteiger partial charge in [0.2, 0.25) is 0 Å². The van der Waals surface area contributed by atoms with Crippen LogP contribution in [-0.4, -0.2) is 44.0 Å². The average Bonchev–Trinajstić information content (AvgIpc) is 2.88. The van der Waals surface area contributed by atoms with Gasteiger partial charge in [-0.25, -0.2) is 0 Å². The first-order chi connectivity index (χ1) is 7.83. The van der Waals surface area contributed by atoms with E-state index in [1.807, 2.05) is 12.1 Å². The van der Waals surface area contributed by atoms with E-state index in [0.29, 0.717) is 11.7 Å². The lowest BCUT2D eigenvalue weighted by atomic mass is 10.1. The molecule has 0 saturated carbocycles. The van der Waals surface area contributed by atoms with Crippen LogP contribution in [0.2, 0.25) is 0 Å². The van der Waals surface area contributed by atoms with Gasteiger partial charge in [0.05, 0.1) is 12.1 Å². The molecule has 7 heteroatoms. The summed E-state index contributed by atoms with van der Waals surface area (Å²) < 4.78 is 6.88. The molecule has 1 saturated heterocycles. The predicted molar refractivity (Wildman–Crippen MR) is 56.0 cm³/mol. The summed E-state index contributed by atoms with van der Waals surface area (Å²) in [4.78, 5) is 0. The summed E-state index contributed by atoms with van der Waals surface area (Å²) in [5.74, 6) is 0.766. The first-order valence-electron chi connectivity index (χ1n) is 5.26. The highest BCUT2D eigenvalue weighted by Gasteiger charge is 2.24. The maximum Gasteiger partial charge on any atom is 0.200 e. The van der Waals surface area contributed by atoms with Crippen LogP contribution in [0.3, 0.4) is 0 Å². The zero-order valence-corrected chi connectivity index (χ0v) is 8.87. The molecule has 84 valence electrons. The maximum atomic E-state index is 5.47. The fourth-order valence-electron chi connectivity index (χ4n) is 1.84. The molecule has 2 aromatic heterocycles. The van der Waals surface area contributed by atoms with Gasteiger partial charge in [0.25, 0.3) is 0 Å². The molecule has 1 fully saturated rings. The quantitative estimate of drug-likeness (QED) is 0.774. The Morgan fingerprint density at radius 2 is 2.44 bits per heavy atom. The molecule has 0 amide bonds. The van der Waals surface area contributed by atoms with Crippen molar-refractivity contribution in [3.63, 3.8) is 0 Å². The number of hydrogen-bond acceptors (Lipinski definition) is 6. The Bertz CT molecular complexity index is 497. The zero-order valence-electron chi connectivity index (χ0n) is 8.87. The van der Waals surface area contributed by atoms with Crippen molar-refractivity contribution in [2.24, 2.45) is 0 Å². The van der Waals surface area contributed by atoms with Crippen molar-refractivity contribution in [1.82, 2.24) is 25.3 Å². The van der Waals surface area contributed by atoms with Crippen molar-refractivity contribution in [2.75, 3.05) is 11.9 Å². The van der Waals surface area contributed by atoms with Gasteiger partial charge >= 0.3 is 0 Å². The van der Waals surface area contributed by atoms with Gasteiger partial charge in [-0.15, -0.1) is 14.8 Å². The van der Waals surface area contributed by atoms with Crippen molar-refractivity contribution in [2.45, 2.75) is 25.5 Å². The highest BCUT2D eigenvalue weighted by Crippen LogP contribution is 2.17. The Kier molecular flexibility index (Phi) is 2.17. The number of nitrogens with zero attached hydrogens (tertiary/aromatic N) is 5. The molecule has 1 aliphatic heterocycles. The minimum atomic E-state index is 0.214. The molecule has 1 aliphatic rings. The fraction of sp³-hybridized carbons (Fsp3) is 0.556. The van der Waals surface area contributed by atoms with Crippen LogP contribution in [0.5, 0.6) is 0 Å². The van der Waals surface area contributed by atoms with E-state index in [0.717, 1.165) is 18.8 Å². The Morgan fingerprint density at radius 3 is 3.25 bits per heavy atom. The Morgan fingerprint density at radius 1 is 1.50 bits per heavy atom. The minimum Gasteiger partial charge on any atom is -0.376 e. The fourth-order valence-corrected chi connectivity index (χ4v) is 1.84. The molecule has 0 spiro atoms. The standard InChI is InChI=1S/C9H12N6O/c1-6-7(4-5-16-6)10-8-2-3-9-11-13-14-15(9)12-8/h2-3,6-7H,4-5H2,1H3,(H,10,12). The third kappa shape index (κ3) is 1.58. The highest BCUT2D eigenvalue weighted by molar-refractivity contribution is 5.42.